The Morgan fingerprint density at radius 3 is 2.23 bits per heavy atom. The molecule has 0 spiro atoms. The zero-order valence-electron chi connectivity index (χ0n) is 14.3. The van der Waals surface area contributed by atoms with E-state index >= 15 is 0 Å². The molecule has 0 aromatic heterocycles. The van der Waals surface area contributed by atoms with Crippen molar-refractivity contribution in [1.82, 2.24) is 3.26 Å². The van der Waals surface area contributed by atoms with Crippen LogP contribution >= 0.6 is 47.4 Å². The van der Waals surface area contributed by atoms with Gasteiger partial charge in [0, 0.05) is 0 Å². The van der Waals surface area contributed by atoms with Gasteiger partial charge in [-0.15, -0.1) is 24.8 Å². The Kier molecular flexibility index (Phi) is 7.73. The first kappa shape index (κ1) is 23.3. The Morgan fingerprint density at radius 2 is 1.73 bits per heavy atom. The average Bonchev–Trinajstić information content (AvgIpc) is 2.51. The summed E-state index contributed by atoms with van der Waals surface area (Å²) in [7, 11) is 0. The Balaban J connectivity index is 0.00000220. The minimum Gasteiger partial charge on any atom is -0.147 e. The van der Waals surface area contributed by atoms with Crippen molar-refractivity contribution in [2.24, 2.45) is 0 Å². The van der Waals surface area contributed by atoms with Crippen molar-refractivity contribution in [3.8, 4) is 0 Å². The van der Waals surface area contributed by atoms with Gasteiger partial charge in [0.1, 0.15) is 0 Å². The number of nitrogens with one attached hydrogen (secondary N) is 1. The van der Waals surface area contributed by atoms with Gasteiger partial charge in [-0.3, -0.25) is 0 Å². The van der Waals surface area contributed by atoms with Gasteiger partial charge in [0.25, 0.3) is 0 Å². The van der Waals surface area contributed by atoms with Crippen molar-refractivity contribution in [2.75, 3.05) is 0 Å². The summed E-state index contributed by atoms with van der Waals surface area (Å²) in [4.78, 5) is 0. The summed E-state index contributed by atoms with van der Waals surface area (Å²) in [6.45, 7) is 11.5. The number of allylic oxidation sites excluding steroid dienone is 1. The summed E-state index contributed by atoms with van der Waals surface area (Å²) in [5.41, 5.74) is 4.74. The van der Waals surface area contributed by atoms with Crippen molar-refractivity contribution in [1.29, 1.82) is 0 Å². The number of fused-ring (bicyclic) bond motifs is 1. The second-order valence-electron chi connectivity index (χ2n) is 8.25. The summed E-state index contributed by atoms with van der Waals surface area (Å²) in [6, 6.07) is 6.77. The molecule has 1 N–H and O–H groups in total. The van der Waals surface area contributed by atoms with E-state index in [2.05, 4.69) is 94.0 Å². The number of benzene rings is 1. The second kappa shape index (κ2) is 7.29. The maximum Gasteiger partial charge on any atom is -0.147 e. The van der Waals surface area contributed by atoms with Crippen LogP contribution in [0.15, 0.2) is 23.8 Å². The zero-order chi connectivity index (χ0) is 15.4. The van der Waals surface area contributed by atoms with E-state index in [0.717, 1.165) is 0 Å². The molecule has 1 aliphatic rings. The maximum atomic E-state index is 4.08. The molecule has 0 aliphatic heterocycles. The number of hydrogen-bond acceptors (Lipinski definition) is 1. The molecule has 0 amide bonds. The van der Waals surface area contributed by atoms with E-state index in [1.807, 2.05) is 0 Å². The Bertz CT molecular complexity index is 659. The van der Waals surface area contributed by atoms with E-state index in [1.54, 1.807) is 11.1 Å². The second-order valence-corrected chi connectivity index (χ2v) is 38.1. The molecule has 1 aliphatic carbocycles. The SMILES string of the molecule is CC1=Cc2c(I)cccc2[CH]1[Zr]([CH3])([CH3])(=[SiH2])[NH]C(C)(C)C.Cl.Cl. The minimum absolute atomic E-state index is 0. The van der Waals surface area contributed by atoms with Crippen LogP contribution in [0.4, 0.5) is 0 Å². The first-order chi connectivity index (χ1) is 8.89. The molecule has 1 aromatic carbocycles. The van der Waals surface area contributed by atoms with E-state index in [9.17, 15) is 0 Å². The van der Waals surface area contributed by atoms with Crippen LogP contribution in [0, 0.1) is 3.57 Å². The molecular formula is C16H28Cl2INSiZr. The van der Waals surface area contributed by atoms with Crippen LogP contribution in [-0.4, -0.2) is 12.4 Å². The van der Waals surface area contributed by atoms with E-state index in [1.165, 1.54) is 9.13 Å². The van der Waals surface area contributed by atoms with Gasteiger partial charge >= 0.3 is 141 Å². The fraction of sp³-hybridized carbons (Fsp3) is 0.500. The average molecular weight is 552 g/mol. The fourth-order valence-corrected chi connectivity index (χ4v) is 24.3. The predicted molar refractivity (Wildman–Crippen MR) is 113 cm³/mol. The molecule has 0 saturated heterocycles. The van der Waals surface area contributed by atoms with Crippen molar-refractivity contribution in [2.45, 2.75) is 46.1 Å². The summed E-state index contributed by atoms with van der Waals surface area (Å²) in [5, 5.41) is 0. The third-order valence-corrected chi connectivity index (χ3v) is 18.6. The van der Waals surface area contributed by atoms with Crippen molar-refractivity contribution < 1.29 is 17.7 Å². The van der Waals surface area contributed by atoms with Gasteiger partial charge in [0.05, 0.1) is 0 Å². The topological polar surface area (TPSA) is 12.0 Å². The van der Waals surface area contributed by atoms with Gasteiger partial charge in [-0.05, 0) is 0 Å². The van der Waals surface area contributed by atoms with Gasteiger partial charge in [0.15, 0.2) is 0 Å². The van der Waals surface area contributed by atoms with Gasteiger partial charge in [-0.1, -0.05) is 0 Å². The normalized spacial score (nSPS) is 18.0. The van der Waals surface area contributed by atoms with Crippen LogP contribution in [0.25, 0.3) is 6.08 Å². The van der Waals surface area contributed by atoms with Gasteiger partial charge in [-0.25, -0.2) is 0 Å². The number of halogens is 3. The molecule has 126 valence electrons. The molecule has 1 nitrogen and oxygen atoms in total. The fourth-order valence-electron chi connectivity index (χ4n) is 4.05. The molecule has 0 fully saturated rings. The Labute approximate surface area is 164 Å². The monoisotopic (exact) mass is 549 g/mol. The summed E-state index contributed by atoms with van der Waals surface area (Å²) in [6.07, 6.45) is 2.42. The molecule has 2 rings (SSSR count). The van der Waals surface area contributed by atoms with Gasteiger partial charge in [0.2, 0.25) is 0 Å². The molecule has 1 aromatic rings. The molecular weight excluding hydrogens is 523 g/mol. The standard InChI is InChI=1S/C10H8I.C4H10N.2CH3.2ClH.H2Si.Zr/c1-7-5-8-3-2-4-10(11)9(8)6-7;1-4(2,3)5;;;;;;/h2-6H,1H3;5H,1-3H3;2*1H3;2*1H;1H2;/q;-1;;;;;;+1. The number of rotatable bonds is 2. The summed E-state index contributed by atoms with van der Waals surface area (Å²) >= 11 is -0.552. The van der Waals surface area contributed by atoms with E-state index in [-0.39, 0.29) is 30.4 Å². The van der Waals surface area contributed by atoms with E-state index in [4.69, 9.17) is 0 Å². The first-order valence-electron chi connectivity index (χ1n) is 7.23. The molecule has 22 heavy (non-hydrogen) atoms. The van der Waals surface area contributed by atoms with Crippen LogP contribution in [0.1, 0.15) is 42.4 Å². The van der Waals surface area contributed by atoms with Crippen LogP contribution in [0.5, 0.6) is 0 Å². The van der Waals surface area contributed by atoms with Gasteiger partial charge in [-0.2, -0.15) is 0 Å². The first-order valence-corrected chi connectivity index (χ1v) is 21.8. The maximum absolute atomic E-state index is 4.08. The quantitative estimate of drug-likeness (QED) is 0.392. The van der Waals surface area contributed by atoms with Crippen LogP contribution in [-0.2, 0) is 17.7 Å². The molecule has 1 atom stereocenters. The zero-order valence-corrected chi connectivity index (χ0v) is 22.0. The predicted octanol–water partition coefficient (Wildman–Crippen LogP) is 5.23. The Morgan fingerprint density at radius 1 is 1.18 bits per heavy atom. The largest absolute Gasteiger partial charge is 0.147 e. The molecule has 0 heterocycles. The molecule has 6 heteroatoms. The third-order valence-electron chi connectivity index (χ3n) is 3.94. The van der Waals surface area contributed by atoms with E-state index in [0.29, 0.717) is 3.63 Å². The van der Waals surface area contributed by atoms with Crippen LogP contribution in [0.3, 0.4) is 0 Å². The molecule has 0 saturated carbocycles. The van der Waals surface area contributed by atoms with Crippen molar-refractivity contribution >= 4 is 60.4 Å². The summed E-state index contributed by atoms with van der Waals surface area (Å²) in [5.74, 6) is 0. The van der Waals surface area contributed by atoms with Crippen molar-refractivity contribution in [3.05, 3.63) is 38.5 Å². The molecule has 0 radical (unpaired) electrons. The van der Waals surface area contributed by atoms with Crippen LogP contribution < -0.4 is 3.26 Å². The van der Waals surface area contributed by atoms with Crippen LogP contribution in [0.2, 0.25) is 9.26 Å². The third kappa shape index (κ3) is 4.92. The van der Waals surface area contributed by atoms with E-state index < -0.39 is 17.7 Å². The molecule has 0 bridgehead atoms. The molecule has 1 unspecified atom stereocenters. The minimum atomic E-state index is -3.02. The summed E-state index contributed by atoms with van der Waals surface area (Å²) < 4.78 is 11.2. The Hall–Kier alpha value is 1.33. The smallest absolute Gasteiger partial charge is 0.147 e. The number of hydrogen-bond donors (Lipinski definition) is 1. The van der Waals surface area contributed by atoms with Gasteiger partial charge < -0.3 is 0 Å². The van der Waals surface area contributed by atoms with Crippen molar-refractivity contribution in [3.63, 3.8) is 0 Å².